The van der Waals surface area contributed by atoms with Crippen LogP contribution in [-0.4, -0.2) is 29.3 Å². The highest BCUT2D eigenvalue weighted by Gasteiger charge is 2.49. The van der Waals surface area contributed by atoms with Crippen molar-refractivity contribution in [1.29, 1.82) is 0 Å². The highest BCUT2D eigenvalue weighted by Crippen LogP contribution is 2.43. The molecule has 3 aliphatic rings. The van der Waals surface area contributed by atoms with Gasteiger partial charge in [-0.2, -0.15) is 0 Å². The Balaban J connectivity index is 1.70. The number of nitrogens with two attached hydrogens (primary N) is 1. The van der Waals surface area contributed by atoms with Gasteiger partial charge in [0.05, 0.1) is 0 Å². The topological polar surface area (TPSA) is 63.4 Å². The molecule has 0 bridgehead atoms. The third kappa shape index (κ3) is 2.19. The number of rotatable bonds is 2. The van der Waals surface area contributed by atoms with Gasteiger partial charge in [0.15, 0.2) is 0 Å². The van der Waals surface area contributed by atoms with Gasteiger partial charge >= 0.3 is 0 Å². The zero-order chi connectivity index (χ0) is 16.1. The Hall–Kier alpha value is -1.84. The second-order valence-electron chi connectivity index (χ2n) is 7.40. The highest BCUT2D eigenvalue weighted by molar-refractivity contribution is 5.99. The zero-order valence-corrected chi connectivity index (χ0v) is 13.7. The van der Waals surface area contributed by atoms with Crippen molar-refractivity contribution >= 4 is 11.8 Å². The van der Waals surface area contributed by atoms with E-state index in [0.29, 0.717) is 12.5 Å². The molecule has 2 N–H and O–H groups in total. The molecule has 2 aliphatic carbocycles. The molecule has 3 unspecified atom stereocenters. The average molecular weight is 312 g/mol. The Morgan fingerprint density at radius 1 is 1.13 bits per heavy atom. The molecule has 1 saturated carbocycles. The van der Waals surface area contributed by atoms with E-state index in [1.165, 1.54) is 16.7 Å². The number of fused-ring (bicyclic) bond motifs is 2. The Labute approximate surface area is 137 Å². The number of likely N-dealkylation sites (tertiary alicyclic amines) is 1. The van der Waals surface area contributed by atoms with E-state index < -0.39 is 6.04 Å². The van der Waals surface area contributed by atoms with Gasteiger partial charge in [-0.1, -0.05) is 12.5 Å². The number of amides is 2. The van der Waals surface area contributed by atoms with E-state index in [-0.39, 0.29) is 17.7 Å². The van der Waals surface area contributed by atoms with E-state index in [0.717, 1.165) is 44.1 Å². The number of benzene rings is 1. The van der Waals surface area contributed by atoms with Gasteiger partial charge in [0, 0.05) is 12.1 Å². The molecule has 4 nitrogen and oxygen atoms in total. The van der Waals surface area contributed by atoms with Crippen molar-refractivity contribution in [2.75, 3.05) is 6.54 Å². The first kappa shape index (κ1) is 14.7. The van der Waals surface area contributed by atoms with Crippen molar-refractivity contribution in [3.05, 3.63) is 34.4 Å². The number of nitrogens with zero attached hydrogens (tertiary/aromatic N) is 1. The minimum Gasteiger partial charge on any atom is -0.368 e. The molecule has 2 amide bonds. The summed E-state index contributed by atoms with van der Waals surface area (Å²) in [6.45, 7) is 2.81. The number of aryl methyl sites for hydroxylation is 1. The van der Waals surface area contributed by atoms with Crippen molar-refractivity contribution < 1.29 is 9.59 Å². The predicted octanol–water partition coefficient (Wildman–Crippen LogP) is 2.21. The molecule has 4 heteroatoms. The summed E-state index contributed by atoms with van der Waals surface area (Å²) in [5.41, 5.74) is 10.3. The second-order valence-corrected chi connectivity index (χ2v) is 7.40. The second kappa shape index (κ2) is 5.36. The van der Waals surface area contributed by atoms with Gasteiger partial charge < -0.3 is 10.6 Å². The van der Waals surface area contributed by atoms with Crippen molar-refractivity contribution in [3.63, 3.8) is 0 Å². The fourth-order valence-corrected chi connectivity index (χ4v) is 5.12. The van der Waals surface area contributed by atoms with Crippen LogP contribution in [0.15, 0.2) is 12.1 Å². The fourth-order valence-electron chi connectivity index (χ4n) is 5.12. The quantitative estimate of drug-likeness (QED) is 0.910. The van der Waals surface area contributed by atoms with Gasteiger partial charge in [-0.3, -0.25) is 9.59 Å². The number of hydrogen-bond acceptors (Lipinski definition) is 2. The largest absolute Gasteiger partial charge is 0.368 e. The third-order valence-corrected chi connectivity index (χ3v) is 6.19. The molecule has 1 aliphatic heterocycles. The van der Waals surface area contributed by atoms with Crippen LogP contribution in [0.1, 0.15) is 52.7 Å². The standard InChI is InChI=1S/C19H24N2O2/c1-11-8-9-16(15-7-3-5-13(11)15)19(23)21-10-12-4-2-6-14(12)17(21)18(20)22/h8-9,12,14,17H,2-7,10H2,1H3,(H2,20,22). The van der Waals surface area contributed by atoms with Crippen LogP contribution in [-0.2, 0) is 17.6 Å². The van der Waals surface area contributed by atoms with E-state index in [9.17, 15) is 9.59 Å². The van der Waals surface area contributed by atoms with E-state index in [1.54, 1.807) is 4.90 Å². The van der Waals surface area contributed by atoms with Crippen molar-refractivity contribution in [3.8, 4) is 0 Å². The minimum atomic E-state index is -0.409. The van der Waals surface area contributed by atoms with Crippen LogP contribution in [0.3, 0.4) is 0 Å². The maximum atomic E-state index is 13.2. The van der Waals surface area contributed by atoms with E-state index in [2.05, 4.69) is 6.92 Å². The minimum absolute atomic E-state index is 0.0151. The van der Waals surface area contributed by atoms with Gasteiger partial charge in [0.25, 0.3) is 5.91 Å². The van der Waals surface area contributed by atoms with Crippen LogP contribution in [0.4, 0.5) is 0 Å². The highest BCUT2D eigenvalue weighted by atomic mass is 16.2. The van der Waals surface area contributed by atoms with E-state index in [1.807, 2.05) is 12.1 Å². The molecule has 0 radical (unpaired) electrons. The van der Waals surface area contributed by atoms with Crippen LogP contribution < -0.4 is 5.73 Å². The van der Waals surface area contributed by atoms with Gasteiger partial charge in [-0.25, -0.2) is 0 Å². The molecule has 23 heavy (non-hydrogen) atoms. The Morgan fingerprint density at radius 3 is 2.70 bits per heavy atom. The summed E-state index contributed by atoms with van der Waals surface area (Å²) in [6.07, 6.45) is 6.44. The van der Waals surface area contributed by atoms with Gasteiger partial charge in [0.1, 0.15) is 6.04 Å². The number of carbonyl (C=O) groups is 2. The number of hydrogen-bond donors (Lipinski definition) is 1. The summed E-state index contributed by atoms with van der Waals surface area (Å²) in [5, 5.41) is 0. The lowest BCUT2D eigenvalue weighted by Gasteiger charge is -2.26. The molecule has 0 aromatic heterocycles. The third-order valence-electron chi connectivity index (χ3n) is 6.19. The van der Waals surface area contributed by atoms with E-state index >= 15 is 0 Å². The monoisotopic (exact) mass is 312 g/mol. The molecule has 1 heterocycles. The normalized spacial score (nSPS) is 28.7. The van der Waals surface area contributed by atoms with Gasteiger partial charge in [0.2, 0.25) is 5.91 Å². The summed E-state index contributed by atoms with van der Waals surface area (Å²) < 4.78 is 0. The molecule has 122 valence electrons. The lowest BCUT2D eigenvalue weighted by atomic mass is 9.93. The molecule has 1 saturated heterocycles. The molecule has 3 atom stereocenters. The smallest absolute Gasteiger partial charge is 0.254 e. The van der Waals surface area contributed by atoms with Crippen LogP contribution >= 0.6 is 0 Å². The lowest BCUT2D eigenvalue weighted by molar-refractivity contribution is -0.122. The molecule has 1 aromatic carbocycles. The summed E-state index contributed by atoms with van der Waals surface area (Å²) >= 11 is 0. The van der Waals surface area contributed by atoms with Crippen LogP contribution in [0.25, 0.3) is 0 Å². The SMILES string of the molecule is Cc1ccc(C(=O)N2CC3CCCC3C2C(N)=O)c2c1CCC2. The van der Waals surface area contributed by atoms with Crippen LogP contribution in [0.2, 0.25) is 0 Å². The number of carbonyl (C=O) groups excluding carboxylic acids is 2. The number of primary amides is 1. The van der Waals surface area contributed by atoms with Crippen LogP contribution in [0.5, 0.6) is 0 Å². The van der Waals surface area contributed by atoms with Crippen molar-refractivity contribution in [2.45, 2.75) is 51.5 Å². The summed E-state index contributed by atoms with van der Waals surface area (Å²) in [6, 6.07) is 3.59. The summed E-state index contributed by atoms with van der Waals surface area (Å²) in [7, 11) is 0. The van der Waals surface area contributed by atoms with Crippen molar-refractivity contribution in [1.82, 2.24) is 4.90 Å². The van der Waals surface area contributed by atoms with Crippen LogP contribution in [0, 0.1) is 18.8 Å². The Kier molecular flexibility index (Phi) is 3.43. The molecule has 0 spiro atoms. The zero-order valence-electron chi connectivity index (χ0n) is 13.7. The lowest BCUT2D eigenvalue weighted by Crippen LogP contribution is -2.46. The van der Waals surface area contributed by atoms with Gasteiger partial charge in [-0.05, 0) is 73.6 Å². The Bertz CT molecular complexity index is 682. The van der Waals surface area contributed by atoms with Gasteiger partial charge in [-0.15, -0.1) is 0 Å². The molecule has 2 fully saturated rings. The first-order valence-electron chi connectivity index (χ1n) is 8.79. The Morgan fingerprint density at radius 2 is 1.91 bits per heavy atom. The molecular weight excluding hydrogens is 288 g/mol. The maximum Gasteiger partial charge on any atom is 0.254 e. The fraction of sp³-hybridized carbons (Fsp3) is 0.579. The van der Waals surface area contributed by atoms with E-state index in [4.69, 9.17) is 5.73 Å². The first-order chi connectivity index (χ1) is 11.1. The first-order valence-corrected chi connectivity index (χ1v) is 8.79. The molecular formula is C19H24N2O2. The molecule has 4 rings (SSSR count). The van der Waals surface area contributed by atoms with Crippen molar-refractivity contribution in [2.24, 2.45) is 17.6 Å². The predicted molar refractivity (Wildman–Crippen MR) is 88.1 cm³/mol. The average Bonchev–Trinajstić information content (AvgIpc) is 3.21. The molecule has 1 aromatic rings. The summed E-state index contributed by atoms with van der Waals surface area (Å²) in [4.78, 5) is 27.0. The maximum absolute atomic E-state index is 13.2. The summed E-state index contributed by atoms with van der Waals surface area (Å²) in [5.74, 6) is 0.405.